The van der Waals surface area contributed by atoms with E-state index in [2.05, 4.69) is 74.0 Å². The van der Waals surface area contributed by atoms with E-state index in [4.69, 9.17) is 5.73 Å². The smallest absolute Gasteiger partial charge is 0.0568 e. The van der Waals surface area contributed by atoms with Gasteiger partial charge in [0.15, 0.2) is 0 Å². The van der Waals surface area contributed by atoms with Gasteiger partial charge in [0.25, 0.3) is 0 Å². The first-order valence-electron chi connectivity index (χ1n) is 6.49. The largest absolute Gasteiger partial charge is 0.320 e. The van der Waals surface area contributed by atoms with Gasteiger partial charge in [0.2, 0.25) is 0 Å². The lowest BCUT2D eigenvalue weighted by Gasteiger charge is -2.20. The van der Waals surface area contributed by atoms with Gasteiger partial charge in [-0.05, 0) is 56.0 Å². The van der Waals surface area contributed by atoms with Crippen LogP contribution in [0.1, 0.15) is 39.4 Å². The minimum Gasteiger partial charge on any atom is -0.320 e. The molecule has 0 aliphatic carbocycles. The molecule has 100 valence electrons. The van der Waals surface area contributed by atoms with Crippen molar-refractivity contribution in [1.29, 1.82) is 0 Å². The second kappa shape index (κ2) is 5.48. The second-order valence-electron chi connectivity index (χ2n) is 5.32. The van der Waals surface area contributed by atoms with Crippen molar-refractivity contribution in [3.63, 3.8) is 0 Å². The Morgan fingerprint density at radius 3 is 2.05 bits per heavy atom. The van der Waals surface area contributed by atoms with Crippen molar-refractivity contribution < 1.29 is 0 Å². The molecule has 0 aliphatic rings. The molecule has 2 heteroatoms. The van der Waals surface area contributed by atoms with Gasteiger partial charge in [0.05, 0.1) is 6.04 Å². The topological polar surface area (TPSA) is 26.0 Å². The lowest BCUT2D eigenvalue weighted by molar-refractivity contribution is 0.844. The lowest BCUT2D eigenvalue weighted by Crippen LogP contribution is -2.16. The fourth-order valence-corrected chi connectivity index (χ4v) is 3.23. The molecule has 0 heterocycles. The molecule has 0 saturated carbocycles. The highest BCUT2D eigenvalue weighted by atomic mass is 79.9. The Hall–Kier alpha value is -1.12. The highest BCUT2D eigenvalue weighted by Gasteiger charge is 2.17. The number of benzene rings is 2. The van der Waals surface area contributed by atoms with Crippen LogP contribution in [0, 0.1) is 27.7 Å². The molecule has 0 aliphatic heterocycles. The van der Waals surface area contributed by atoms with E-state index in [1.807, 2.05) is 0 Å². The molecule has 2 N–H and O–H groups in total. The molecule has 1 nitrogen and oxygen atoms in total. The standard InChI is InChI=1S/C17H20BrN/c1-10-5-6-15(18)14(9-10)17(19)16-12(3)7-11(2)8-13(16)4/h5-9,17H,19H2,1-4H3. The average Bonchev–Trinajstić information content (AvgIpc) is 2.30. The summed E-state index contributed by atoms with van der Waals surface area (Å²) in [5, 5.41) is 0. The fourth-order valence-electron chi connectivity index (χ4n) is 2.74. The van der Waals surface area contributed by atoms with Gasteiger partial charge in [-0.25, -0.2) is 0 Å². The first-order chi connectivity index (χ1) is 8.90. The molecule has 0 saturated heterocycles. The predicted octanol–water partition coefficient (Wildman–Crippen LogP) is 4.73. The minimum atomic E-state index is -0.0881. The molecule has 0 fully saturated rings. The van der Waals surface area contributed by atoms with E-state index in [9.17, 15) is 0 Å². The van der Waals surface area contributed by atoms with Crippen molar-refractivity contribution in [3.05, 3.63) is 68.2 Å². The van der Waals surface area contributed by atoms with Gasteiger partial charge >= 0.3 is 0 Å². The zero-order chi connectivity index (χ0) is 14.2. The molecule has 0 bridgehead atoms. The predicted molar refractivity (Wildman–Crippen MR) is 85.6 cm³/mol. The van der Waals surface area contributed by atoms with E-state index < -0.39 is 0 Å². The minimum absolute atomic E-state index is 0.0881. The van der Waals surface area contributed by atoms with Crippen LogP contribution in [0.4, 0.5) is 0 Å². The van der Waals surface area contributed by atoms with Gasteiger partial charge < -0.3 is 5.73 Å². The van der Waals surface area contributed by atoms with Crippen LogP contribution < -0.4 is 5.73 Å². The van der Waals surface area contributed by atoms with Gasteiger partial charge in [0.1, 0.15) is 0 Å². The SMILES string of the molecule is Cc1cc(C)c(C(N)c2cc(C)ccc2Br)c(C)c1. The van der Waals surface area contributed by atoms with Crippen molar-refractivity contribution >= 4 is 15.9 Å². The van der Waals surface area contributed by atoms with Gasteiger partial charge in [-0.1, -0.05) is 51.3 Å². The third kappa shape index (κ3) is 2.90. The molecule has 1 unspecified atom stereocenters. The molecular weight excluding hydrogens is 298 g/mol. The summed E-state index contributed by atoms with van der Waals surface area (Å²) in [5.41, 5.74) is 13.9. The van der Waals surface area contributed by atoms with E-state index >= 15 is 0 Å². The summed E-state index contributed by atoms with van der Waals surface area (Å²) in [6.07, 6.45) is 0. The Balaban J connectivity index is 2.56. The number of hydrogen-bond acceptors (Lipinski definition) is 1. The quantitative estimate of drug-likeness (QED) is 0.851. The first-order valence-corrected chi connectivity index (χ1v) is 7.29. The van der Waals surface area contributed by atoms with Gasteiger partial charge in [0, 0.05) is 4.47 Å². The van der Waals surface area contributed by atoms with E-state index in [0.717, 1.165) is 10.0 Å². The van der Waals surface area contributed by atoms with Crippen molar-refractivity contribution in [1.82, 2.24) is 0 Å². The highest BCUT2D eigenvalue weighted by molar-refractivity contribution is 9.10. The Morgan fingerprint density at radius 2 is 1.47 bits per heavy atom. The van der Waals surface area contributed by atoms with Crippen LogP contribution >= 0.6 is 15.9 Å². The lowest BCUT2D eigenvalue weighted by atomic mass is 9.90. The van der Waals surface area contributed by atoms with E-state index in [0.29, 0.717) is 0 Å². The van der Waals surface area contributed by atoms with E-state index in [1.54, 1.807) is 0 Å². The van der Waals surface area contributed by atoms with Gasteiger partial charge in [-0.15, -0.1) is 0 Å². The van der Waals surface area contributed by atoms with Crippen LogP contribution in [0.15, 0.2) is 34.8 Å². The van der Waals surface area contributed by atoms with Gasteiger partial charge in [-0.3, -0.25) is 0 Å². The van der Waals surface area contributed by atoms with Crippen LogP contribution in [-0.4, -0.2) is 0 Å². The molecule has 0 spiro atoms. The van der Waals surface area contributed by atoms with Crippen LogP contribution in [0.5, 0.6) is 0 Å². The molecule has 2 aromatic carbocycles. The summed E-state index contributed by atoms with van der Waals surface area (Å²) in [6, 6.07) is 10.6. The molecule has 19 heavy (non-hydrogen) atoms. The number of nitrogens with two attached hydrogens (primary N) is 1. The second-order valence-corrected chi connectivity index (χ2v) is 6.17. The first kappa shape index (κ1) is 14.3. The molecule has 0 radical (unpaired) electrons. The molecule has 1 atom stereocenters. The average molecular weight is 318 g/mol. The van der Waals surface area contributed by atoms with Crippen molar-refractivity contribution in [2.75, 3.05) is 0 Å². The van der Waals surface area contributed by atoms with Crippen LogP contribution in [-0.2, 0) is 0 Å². The van der Waals surface area contributed by atoms with Crippen molar-refractivity contribution in [2.24, 2.45) is 5.73 Å². The van der Waals surface area contributed by atoms with Crippen LogP contribution in [0.3, 0.4) is 0 Å². The molecule has 0 amide bonds. The zero-order valence-electron chi connectivity index (χ0n) is 11.9. The number of aryl methyl sites for hydroxylation is 4. The molecule has 2 aromatic rings. The fraction of sp³-hybridized carbons (Fsp3) is 0.294. The van der Waals surface area contributed by atoms with E-state index in [-0.39, 0.29) is 6.04 Å². The van der Waals surface area contributed by atoms with Crippen LogP contribution in [0.25, 0.3) is 0 Å². The molecule has 2 rings (SSSR count). The molecular formula is C17H20BrN. The highest BCUT2D eigenvalue weighted by Crippen LogP contribution is 2.31. The van der Waals surface area contributed by atoms with Crippen LogP contribution in [0.2, 0.25) is 0 Å². The number of rotatable bonds is 2. The summed E-state index contributed by atoms with van der Waals surface area (Å²) in [5.74, 6) is 0. The Morgan fingerprint density at radius 1 is 0.895 bits per heavy atom. The summed E-state index contributed by atoms with van der Waals surface area (Å²) in [6.45, 7) is 8.49. The maximum absolute atomic E-state index is 6.51. The summed E-state index contributed by atoms with van der Waals surface area (Å²) < 4.78 is 1.07. The third-order valence-corrected chi connectivity index (χ3v) is 4.26. The summed E-state index contributed by atoms with van der Waals surface area (Å²) in [4.78, 5) is 0. The zero-order valence-corrected chi connectivity index (χ0v) is 13.5. The number of halogens is 1. The molecule has 0 aromatic heterocycles. The monoisotopic (exact) mass is 317 g/mol. The Kier molecular flexibility index (Phi) is 4.12. The maximum Gasteiger partial charge on any atom is 0.0568 e. The summed E-state index contributed by atoms with van der Waals surface area (Å²) >= 11 is 3.61. The van der Waals surface area contributed by atoms with Crippen molar-refractivity contribution in [2.45, 2.75) is 33.7 Å². The van der Waals surface area contributed by atoms with Gasteiger partial charge in [-0.2, -0.15) is 0 Å². The normalized spacial score (nSPS) is 12.5. The van der Waals surface area contributed by atoms with Crippen molar-refractivity contribution in [3.8, 4) is 0 Å². The maximum atomic E-state index is 6.51. The number of hydrogen-bond donors (Lipinski definition) is 1. The summed E-state index contributed by atoms with van der Waals surface area (Å²) in [7, 11) is 0. The Labute approximate surface area is 124 Å². The third-order valence-electron chi connectivity index (χ3n) is 3.54. The van der Waals surface area contributed by atoms with E-state index in [1.165, 1.54) is 27.8 Å². The Bertz CT molecular complexity index is 594.